The summed E-state index contributed by atoms with van der Waals surface area (Å²) in [6.45, 7) is 9.74. The summed E-state index contributed by atoms with van der Waals surface area (Å²) in [5, 5.41) is 16.1. The van der Waals surface area contributed by atoms with Crippen LogP contribution in [0, 0.1) is 12.7 Å². The highest BCUT2D eigenvalue weighted by Gasteiger charge is 2.30. The molecule has 1 aliphatic rings. The summed E-state index contributed by atoms with van der Waals surface area (Å²) in [7, 11) is 3.20. The molecule has 0 spiro atoms. The van der Waals surface area contributed by atoms with Crippen LogP contribution in [-0.2, 0) is 22.6 Å². The molecule has 0 unspecified atom stereocenters. The van der Waals surface area contributed by atoms with E-state index in [1.165, 1.54) is 18.9 Å². The highest BCUT2D eigenvalue weighted by Crippen LogP contribution is 2.39. The minimum atomic E-state index is -0.515. The summed E-state index contributed by atoms with van der Waals surface area (Å²) < 4.78 is 21.7. The van der Waals surface area contributed by atoms with Crippen LogP contribution in [0.3, 0.4) is 0 Å². The summed E-state index contributed by atoms with van der Waals surface area (Å²) in [6, 6.07) is 16.3. The lowest BCUT2D eigenvalue weighted by atomic mass is 9.81. The zero-order valence-corrected chi connectivity index (χ0v) is 30.1. The second-order valence-electron chi connectivity index (χ2n) is 11.4. The number of nitrogens with one attached hydrogen (secondary N) is 2. The maximum atomic E-state index is 14.2. The van der Waals surface area contributed by atoms with Crippen LogP contribution in [0.5, 0.6) is 5.75 Å². The number of carbonyl (C=O) groups excluding carboxylic acids is 2. The summed E-state index contributed by atoms with van der Waals surface area (Å²) in [4.78, 5) is 23.5. The van der Waals surface area contributed by atoms with Crippen LogP contribution in [0.1, 0.15) is 54.6 Å². The zero-order chi connectivity index (χ0) is 35.4. The number of halogens is 3. The third-order valence-corrected chi connectivity index (χ3v) is 9.52. The molecule has 1 fully saturated rings. The number of aliphatic hydroxyl groups excluding tert-OH is 1. The van der Waals surface area contributed by atoms with E-state index in [9.17, 15) is 14.3 Å². The topological polar surface area (TPSA) is 109 Å². The van der Waals surface area contributed by atoms with Crippen molar-refractivity contribution in [1.82, 2.24) is 25.3 Å². The van der Waals surface area contributed by atoms with E-state index < -0.39 is 17.8 Å². The maximum absolute atomic E-state index is 14.2. The van der Waals surface area contributed by atoms with Gasteiger partial charge >= 0.3 is 6.03 Å². The Hall–Kier alpha value is -3.61. The molecule has 4 aromatic rings. The van der Waals surface area contributed by atoms with Gasteiger partial charge in [-0.05, 0) is 72.9 Å². The molecule has 3 N–H and O–H groups in total. The minimum Gasteiger partial charge on any atom is -0.495 e. The Labute approximate surface area is 295 Å². The van der Waals surface area contributed by atoms with Gasteiger partial charge in [-0.2, -0.15) is 0 Å². The number of urea groups is 1. The quantitative estimate of drug-likeness (QED) is 0.154. The lowest BCUT2D eigenvalue weighted by Crippen LogP contribution is -2.44. The summed E-state index contributed by atoms with van der Waals surface area (Å²) >= 11 is 14.3. The highest BCUT2D eigenvalue weighted by molar-refractivity contribution is 7.98. The van der Waals surface area contributed by atoms with Crippen molar-refractivity contribution in [2.75, 3.05) is 27.2 Å². The van der Waals surface area contributed by atoms with Crippen LogP contribution >= 0.6 is 35.0 Å². The number of thioether (sulfide) groups is 1. The fraction of sp³-hybridized carbons (Fsp3) is 0.343. The Morgan fingerprint density at radius 3 is 2.40 bits per heavy atom. The molecule has 0 atom stereocenters. The van der Waals surface area contributed by atoms with Crippen molar-refractivity contribution in [2.45, 2.75) is 56.5 Å². The summed E-state index contributed by atoms with van der Waals surface area (Å²) in [5.74, 6) is 0.741. The van der Waals surface area contributed by atoms with Crippen molar-refractivity contribution < 1.29 is 23.8 Å². The Morgan fingerprint density at radius 2 is 1.77 bits per heavy atom. The molecule has 5 rings (SSSR count). The molecular formula is C35H42Cl2FN5O4S. The number of hydrogen-bond donors (Lipinski definition) is 3. The predicted molar refractivity (Wildman–Crippen MR) is 191 cm³/mol. The van der Waals surface area contributed by atoms with Gasteiger partial charge < -0.3 is 20.0 Å². The number of aliphatic hydroxyl groups is 1. The van der Waals surface area contributed by atoms with Gasteiger partial charge in [-0.25, -0.2) is 19.2 Å². The molecule has 0 aliphatic carbocycles. The van der Waals surface area contributed by atoms with Crippen molar-refractivity contribution >= 4 is 47.8 Å². The van der Waals surface area contributed by atoms with Gasteiger partial charge in [0, 0.05) is 47.6 Å². The number of ether oxygens (including phenoxy) is 1. The van der Waals surface area contributed by atoms with Gasteiger partial charge in [0.2, 0.25) is 0 Å². The number of imidazole rings is 1. The van der Waals surface area contributed by atoms with Crippen molar-refractivity contribution in [1.29, 1.82) is 0 Å². The fourth-order valence-corrected chi connectivity index (χ4v) is 6.66. The second-order valence-corrected chi connectivity index (χ2v) is 13.2. The van der Waals surface area contributed by atoms with Crippen LogP contribution < -0.4 is 15.5 Å². The van der Waals surface area contributed by atoms with E-state index in [0.717, 1.165) is 40.6 Å². The normalized spacial score (nSPS) is 12.8. The first kappa shape index (κ1) is 38.8. The first-order valence-corrected chi connectivity index (χ1v) is 16.9. The van der Waals surface area contributed by atoms with E-state index in [1.54, 1.807) is 38.1 Å². The molecule has 9 nitrogen and oxygen atoms in total. The number of amides is 2. The van der Waals surface area contributed by atoms with Crippen molar-refractivity contribution in [3.63, 3.8) is 0 Å². The molecular weight excluding hydrogens is 676 g/mol. The average Bonchev–Trinajstić information content (AvgIpc) is 3.76. The number of hydrazine groups is 1. The SMILES string of the molecule is C=O.CNC(=O)NN1CCCC1.COc1cc(C(C)(C)c2cnc(SCc3ccc(C)cc3Cl)n2-c2ccc(F)c(CO)c2)ccc1Cl. The Bertz CT molecular complexity index is 1680. The van der Waals surface area contributed by atoms with E-state index in [-0.39, 0.29) is 11.6 Å². The molecule has 0 radical (unpaired) electrons. The van der Waals surface area contributed by atoms with E-state index in [4.69, 9.17) is 37.7 Å². The lowest BCUT2D eigenvalue weighted by molar-refractivity contribution is -0.0980. The smallest absolute Gasteiger partial charge is 0.329 e. The van der Waals surface area contributed by atoms with Crippen LogP contribution in [0.4, 0.5) is 9.18 Å². The summed E-state index contributed by atoms with van der Waals surface area (Å²) in [5.41, 5.74) is 7.09. The zero-order valence-electron chi connectivity index (χ0n) is 27.8. The van der Waals surface area contributed by atoms with Gasteiger partial charge in [0.05, 0.1) is 30.6 Å². The van der Waals surface area contributed by atoms with Gasteiger partial charge in [-0.1, -0.05) is 67.0 Å². The van der Waals surface area contributed by atoms with E-state index in [0.29, 0.717) is 27.2 Å². The fourth-order valence-electron chi connectivity index (χ4n) is 5.09. The van der Waals surface area contributed by atoms with Gasteiger partial charge in [0.1, 0.15) is 18.4 Å². The molecule has 13 heteroatoms. The lowest BCUT2D eigenvalue weighted by Gasteiger charge is -2.28. The van der Waals surface area contributed by atoms with Crippen LogP contribution in [0.25, 0.3) is 5.69 Å². The number of nitrogens with zero attached hydrogens (tertiary/aromatic N) is 3. The molecule has 48 heavy (non-hydrogen) atoms. The Kier molecular flexibility index (Phi) is 14.8. The predicted octanol–water partition coefficient (Wildman–Crippen LogP) is 7.49. The molecule has 1 aromatic heterocycles. The first-order valence-electron chi connectivity index (χ1n) is 15.2. The number of carbonyl (C=O) groups is 2. The average molecular weight is 719 g/mol. The van der Waals surface area contributed by atoms with Crippen LogP contribution in [-0.4, -0.2) is 59.7 Å². The summed E-state index contributed by atoms with van der Waals surface area (Å²) in [6.07, 6.45) is 4.20. The maximum Gasteiger partial charge on any atom is 0.329 e. The number of methoxy groups -OCH3 is 1. The molecule has 3 aromatic carbocycles. The van der Waals surface area contributed by atoms with E-state index in [1.807, 2.05) is 65.9 Å². The Morgan fingerprint density at radius 1 is 1.06 bits per heavy atom. The Balaban J connectivity index is 0.000000442. The van der Waals surface area contributed by atoms with E-state index >= 15 is 0 Å². The monoisotopic (exact) mass is 717 g/mol. The highest BCUT2D eigenvalue weighted by atomic mass is 35.5. The number of benzene rings is 3. The largest absolute Gasteiger partial charge is 0.495 e. The molecule has 1 aliphatic heterocycles. The van der Waals surface area contributed by atoms with Crippen molar-refractivity contribution in [3.05, 3.63) is 105 Å². The van der Waals surface area contributed by atoms with E-state index in [2.05, 4.69) is 24.6 Å². The minimum absolute atomic E-state index is 0.123. The standard InChI is InChI=1S/C28H27Cl2FN2O2S.C6H13N3O.CH2O/c1-17-5-6-18(23(30)11-17)16-36-27-32-14-26(33(27)21-8-10-24(31)19(12-21)15-34)28(2,3)20-7-9-22(29)25(13-20)35-4;1-7-6(10)8-9-4-2-3-5-9;1-2/h5-14,34H,15-16H2,1-4H3;2-5H2,1H3,(H2,7,8,10);1H2. The molecule has 2 amide bonds. The molecule has 0 saturated carbocycles. The third-order valence-electron chi connectivity index (χ3n) is 7.86. The van der Waals surface area contributed by atoms with Crippen molar-refractivity contribution in [2.24, 2.45) is 0 Å². The number of hydrogen-bond acceptors (Lipinski definition) is 7. The van der Waals surface area contributed by atoms with Crippen molar-refractivity contribution in [3.8, 4) is 11.4 Å². The molecule has 2 heterocycles. The second kappa shape index (κ2) is 18.2. The van der Waals surface area contributed by atoms with Crippen LogP contribution in [0.15, 0.2) is 66.0 Å². The molecule has 258 valence electrons. The number of rotatable bonds is 9. The third kappa shape index (κ3) is 9.73. The van der Waals surface area contributed by atoms with Crippen LogP contribution in [0.2, 0.25) is 10.0 Å². The first-order chi connectivity index (χ1) is 23.0. The number of aromatic nitrogens is 2. The van der Waals surface area contributed by atoms with Gasteiger partial charge in [0.15, 0.2) is 5.16 Å². The van der Waals surface area contributed by atoms with Gasteiger partial charge in [0.25, 0.3) is 0 Å². The van der Waals surface area contributed by atoms with Gasteiger partial charge in [-0.3, -0.25) is 9.99 Å². The molecule has 0 bridgehead atoms. The molecule has 1 saturated heterocycles. The number of aryl methyl sites for hydroxylation is 1. The van der Waals surface area contributed by atoms with Gasteiger partial charge in [-0.15, -0.1) is 0 Å².